The van der Waals surface area contributed by atoms with Gasteiger partial charge >= 0.3 is 0 Å². The first kappa shape index (κ1) is 18.0. The minimum Gasteiger partial charge on any atom is -0.496 e. The van der Waals surface area contributed by atoms with E-state index in [1.165, 1.54) is 16.7 Å². The van der Waals surface area contributed by atoms with Crippen molar-refractivity contribution < 1.29 is 9.53 Å². The topological polar surface area (TPSA) is 42.4 Å². The zero-order valence-corrected chi connectivity index (χ0v) is 15.0. The van der Waals surface area contributed by atoms with Gasteiger partial charge in [-0.1, -0.05) is 6.07 Å². The number of hydrogen-bond donors (Lipinski definition) is 0. The number of rotatable bonds is 7. The quantitative estimate of drug-likeness (QED) is 0.784. The van der Waals surface area contributed by atoms with E-state index >= 15 is 0 Å². The molecule has 0 aliphatic heterocycles. The standard InChI is InChI=1S/C20H26N2O2/c1-5-22(11-8-17-6-9-21-10-7-17)20(23)14-18-12-15(2)16(3)13-19(18)24-4/h6-7,9-10,12-13H,5,8,11,14H2,1-4H3. The van der Waals surface area contributed by atoms with Crippen LogP contribution in [0.1, 0.15) is 29.2 Å². The van der Waals surface area contributed by atoms with E-state index in [2.05, 4.69) is 24.9 Å². The number of amides is 1. The van der Waals surface area contributed by atoms with Crippen molar-refractivity contribution >= 4 is 5.91 Å². The highest BCUT2D eigenvalue weighted by Crippen LogP contribution is 2.24. The Morgan fingerprint density at radius 3 is 2.46 bits per heavy atom. The van der Waals surface area contributed by atoms with Crippen LogP contribution in [0.15, 0.2) is 36.7 Å². The Hall–Kier alpha value is -2.36. The lowest BCUT2D eigenvalue weighted by Gasteiger charge is -2.22. The Kier molecular flexibility index (Phi) is 6.36. The molecule has 1 aromatic heterocycles. The van der Waals surface area contributed by atoms with Crippen LogP contribution in [0.25, 0.3) is 0 Å². The second kappa shape index (κ2) is 8.48. The van der Waals surface area contributed by atoms with Gasteiger partial charge in [0, 0.05) is 31.0 Å². The normalized spacial score (nSPS) is 10.5. The van der Waals surface area contributed by atoms with Crippen LogP contribution in [0.3, 0.4) is 0 Å². The van der Waals surface area contributed by atoms with E-state index in [4.69, 9.17) is 4.74 Å². The summed E-state index contributed by atoms with van der Waals surface area (Å²) in [7, 11) is 1.65. The molecule has 0 fully saturated rings. The van der Waals surface area contributed by atoms with Gasteiger partial charge in [-0.05, 0) is 62.1 Å². The molecule has 1 heterocycles. The first-order valence-corrected chi connectivity index (χ1v) is 8.36. The first-order chi connectivity index (χ1) is 11.5. The van der Waals surface area contributed by atoms with E-state index in [1.54, 1.807) is 19.5 Å². The maximum atomic E-state index is 12.7. The summed E-state index contributed by atoms with van der Waals surface area (Å²) in [6.07, 6.45) is 4.78. The van der Waals surface area contributed by atoms with Crippen LogP contribution in [-0.2, 0) is 17.6 Å². The lowest BCUT2D eigenvalue weighted by molar-refractivity contribution is -0.130. The molecule has 128 valence electrons. The third kappa shape index (κ3) is 4.57. The van der Waals surface area contributed by atoms with Crippen LogP contribution in [0, 0.1) is 13.8 Å². The number of likely N-dealkylation sites (N-methyl/N-ethyl adjacent to an activating group) is 1. The monoisotopic (exact) mass is 326 g/mol. The molecule has 2 rings (SSSR count). The SMILES string of the molecule is CCN(CCc1ccncc1)C(=O)Cc1cc(C)c(C)cc1OC. The number of aryl methyl sites for hydroxylation is 2. The van der Waals surface area contributed by atoms with Gasteiger partial charge in [0.05, 0.1) is 13.5 Å². The molecule has 0 radical (unpaired) electrons. The zero-order chi connectivity index (χ0) is 17.5. The maximum Gasteiger partial charge on any atom is 0.227 e. The van der Waals surface area contributed by atoms with Gasteiger partial charge in [0.1, 0.15) is 5.75 Å². The lowest BCUT2D eigenvalue weighted by atomic mass is 10.0. The van der Waals surface area contributed by atoms with Crippen molar-refractivity contribution in [1.82, 2.24) is 9.88 Å². The summed E-state index contributed by atoms with van der Waals surface area (Å²) in [5, 5.41) is 0. The summed E-state index contributed by atoms with van der Waals surface area (Å²) in [5.41, 5.74) is 4.50. The average molecular weight is 326 g/mol. The van der Waals surface area contributed by atoms with E-state index in [9.17, 15) is 4.79 Å². The highest BCUT2D eigenvalue weighted by atomic mass is 16.5. The fraction of sp³-hybridized carbons (Fsp3) is 0.400. The molecule has 0 aliphatic rings. The summed E-state index contributed by atoms with van der Waals surface area (Å²) >= 11 is 0. The molecule has 0 saturated carbocycles. The van der Waals surface area contributed by atoms with E-state index < -0.39 is 0 Å². The minimum atomic E-state index is 0.133. The highest BCUT2D eigenvalue weighted by Gasteiger charge is 2.16. The zero-order valence-electron chi connectivity index (χ0n) is 15.0. The summed E-state index contributed by atoms with van der Waals surface area (Å²) < 4.78 is 5.45. The van der Waals surface area contributed by atoms with Gasteiger partial charge in [0.2, 0.25) is 5.91 Å². The predicted octanol–water partition coefficient (Wildman–Crippen LogP) is 3.34. The number of nitrogens with zero attached hydrogens (tertiary/aromatic N) is 2. The van der Waals surface area contributed by atoms with Gasteiger partial charge in [-0.2, -0.15) is 0 Å². The molecule has 4 nitrogen and oxygen atoms in total. The predicted molar refractivity (Wildman–Crippen MR) is 96.4 cm³/mol. The minimum absolute atomic E-state index is 0.133. The van der Waals surface area contributed by atoms with E-state index in [0.717, 1.165) is 17.7 Å². The lowest BCUT2D eigenvalue weighted by Crippen LogP contribution is -2.34. The number of aromatic nitrogens is 1. The summed E-state index contributed by atoms with van der Waals surface area (Å²) in [6.45, 7) is 7.55. The van der Waals surface area contributed by atoms with E-state index in [0.29, 0.717) is 19.5 Å². The highest BCUT2D eigenvalue weighted by molar-refractivity contribution is 5.79. The van der Waals surface area contributed by atoms with Crippen LogP contribution < -0.4 is 4.74 Å². The first-order valence-electron chi connectivity index (χ1n) is 8.36. The Morgan fingerprint density at radius 1 is 1.17 bits per heavy atom. The number of ether oxygens (including phenoxy) is 1. The summed E-state index contributed by atoms with van der Waals surface area (Å²) in [4.78, 5) is 18.6. The van der Waals surface area contributed by atoms with Crippen molar-refractivity contribution in [3.05, 3.63) is 58.9 Å². The molecule has 1 amide bonds. The molecular formula is C20H26N2O2. The third-order valence-electron chi connectivity index (χ3n) is 4.39. The maximum absolute atomic E-state index is 12.7. The Balaban J connectivity index is 2.05. The van der Waals surface area contributed by atoms with Crippen LogP contribution in [0.4, 0.5) is 0 Å². The molecule has 1 aromatic carbocycles. The van der Waals surface area contributed by atoms with Crippen molar-refractivity contribution in [2.24, 2.45) is 0 Å². The molecule has 0 N–H and O–H groups in total. The molecule has 0 spiro atoms. The Morgan fingerprint density at radius 2 is 1.83 bits per heavy atom. The average Bonchev–Trinajstić information content (AvgIpc) is 2.59. The molecule has 0 aliphatic carbocycles. The van der Waals surface area contributed by atoms with Crippen LogP contribution in [0.2, 0.25) is 0 Å². The molecule has 0 atom stereocenters. The number of methoxy groups -OCH3 is 1. The Labute approximate surface area is 144 Å². The van der Waals surface area contributed by atoms with E-state index in [-0.39, 0.29) is 5.91 Å². The second-order valence-electron chi connectivity index (χ2n) is 6.00. The number of carbonyl (C=O) groups is 1. The van der Waals surface area contributed by atoms with Crippen molar-refractivity contribution in [1.29, 1.82) is 0 Å². The fourth-order valence-corrected chi connectivity index (χ4v) is 2.73. The van der Waals surface area contributed by atoms with Crippen LogP contribution >= 0.6 is 0 Å². The third-order valence-corrected chi connectivity index (χ3v) is 4.39. The largest absolute Gasteiger partial charge is 0.496 e. The molecule has 0 unspecified atom stereocenters. The number of hydrogen-bond acceptors (Lipinski definition) is 3. The smallest absolute Gasteiger partial charge is 0.227 e. The number of benzene rings is 1. The van der Waals surface area contributed by atoms with Gasteiger partial charge in [-0.15, -0.1) is 0 Å². The summed E-state index contributed by atoms with van der Waals surface area (Å²) in [5.74, 6) is 0.921. The molecule has 0 saturated heterocycles. The second-order valence-corrected chi connectivity index (χ2v) is 6.00. The van der Waals surface area contributed by atoms with Gasteiger partial charge in [-0.25, -0.2) is 0 Å². The molecule has 4 heteroatoms. The van der Waals surface area contributed by atoms with Crippen molar-refractivity contribution in [3.63, 3.8) is 0 Å². The van der Waals surface area contributed by atoms with Gasteiger partial charge in [0.25, 0.3) is 0 Å². The van der Waals surface area contributed by atoms with Crippen LogP contribution in [-0.4, -0.2) is 36.0 Å². The van der Waals surface area contributed by atoms with E-state index in [1.807, 2.05) is 30.0 Å². The molecule has 0 bridgehead atoms. The number of carbonyl (C=O) groups excluding carboxylic acids is 1. The van der Waals surface area contributed by atoms with Gasteiger partial charge in [-0.3, -0.25) is 9.78 Å². The molecule has 2 aromatic rings. The number of pyridine rings is 1. The summed E-state index contributed by atoms with van der Waals surface area (Å²) in [6, 6.07) is 8.04. The molecule has 24 heavy (non-hydrogen) atoms. The van der Waals surface area contributed by atoms with Crippen LogP contribution in [0.5, 0.6) is 5.75 Å². The van der Waals surface area contributed by atoms with Crippen molar-refractivity contribution in [2.45, 2.75) is 33.6 Å². The molecular weight excluding hydrogens is 300 g/mol. The fourth-order valence-electron chi connectivity index (χ4n) is 2.73. The van der Waals surface area contributed by atoms with Crippen molar-refractivity contribution in [2.75, 3.05) is 20.2 Å². The van der Waals surface area contributed by atoms with Gasteiger partial charge in [0.15, 0.2) is 0 Å². The Bertz CT molecular complexity index is 684. The van der Waals surface area contributed by atoms with Crippen molar-refractivity contribution in [3.8, 4) is 5.75 Å². The van der Waals surface area contributed by atoms with Gasteiger partial charge < -0.3 is 9.64 Å².